The van der Waals surface area contributed by atoms with E-state index >= 15 is 0 Å². The lowest BCUT2D eigenvalue weighted by Crippen LogP contribution is -2.33. The van der Waals surface area contributed by atoms with Gasteiger partial charge in [-0.25, -0.2) is 0 Å². The van der Waals surface area contributed by atoms with E-state index in [-0.39, 0.29) is 0 Å². The van der Waals surface area contributed by atoms with Crippen LogP contribution in [0.4, 0.5) is 0 Å². The zero-order chi connectivity index (χ0) is 11.1. The summed E-state index contributed by atoms with van der Waals surface area (Å²) in [5.74, 6) is 1.03. The van der Waals surface area contributed by atoms with Crippen molar-refractivity contribution in [3.63, 3.8) is 0 Å². The minimum Gasteiger partial charge on any atom is -0.316 e. The third-order valence-corrected chi connectivity index (χ3v) is 4.09. The highest BCUT2D eigenvalue weighted by Crippen LogP contribution is 2.37. The number of hydrogen-bond acceptors (Lipinski definition) is 1. The normalized spacial score (nSPS) is 21.8. The smallest absolute Gasteiger partial charge is 0.000516 e. The molecular weight excluding hydrogens is 182 g/mol. The molecule has 0 heterocycles. The van der Waals surface area contributed by atoms with Gasteiger partial charge in [0.1, 0.15) is 0 Å². The molecule has 0 aliphatic heterocycles. The first-order valence-electron chi connectivity index (χ1n) is 6.91. The van der Waals surface area contributed by atoms with E-state index in [1.54, 1.807) is 0 Å². The fourth-order valence-electron chi connectivity index (χ4n) is 2.82. The Balaban J connectivity index is 2.29. The van der Waals surface area contributed by atoms with Crippen LogP contribution in [0.15, 0.2) is 0 Å². The molecule has 1 N–H and O–H groups in total. The highest BCUT2D eigenvalue weighted by molar-refractivity contribution is 4.81. The molecule has 1 aliphatic rings. The van der Waals surface area contributed by atoms with E-state index in [4.69, 9.17) is 0 Å². The first-order chi connectivity index (χ1) is 7.20. The van der Waals surface area contributed by atoms with E-state index in [2.05, 4.69) is 26.1 Å². The van der Waals surface area contributed by atoms with E-state index in [9.17, 15) is 0 Å². The van der Waals surface area contributed by atoms with E-state index in [1.165, 1.54) is 58.0 Å². The van der Waals surface area contributed by atoms with Crippen molar-refractivity contribution in [1.29, 1.82) is 0 Å². The van der Waals surface area contributed by atoms with Crippen LogP contribution in [0.5, 0.6) is 0 Å². The average molecular weight is 211 g/mol. The van der Waals surface area contributed by atoms with Crippen LogP contribution in [0.1, 0.15) is 65.7 Å². The Morgan fingerprint density at radius 1 is 1.20 bits per heavy atom. The Morgan fingerprint density at radius 2 is 1.87 bits per heavy atom. The molecule has 1 aliphatic carbocycles. The Hall–Kier alpha value is -0.0400. The minimum absolute atomic E-state index is 0.546. The molecule has 1 saturated carbocycles. The summed E-state index contributed by atoms with van der Waals surface area (Å²) in [6, 6.07) is 0. The molecular formula is C14H29N. The molecule has 0 spiro atoms. The molecule has 0 saturated heterocycles. The van der Waals surface area contributed by atoms with Crippen molar-refractivity contribution in [3.8, 4) is 0 Å². The predicted molar refractivity (Wildman–Crippen MR) is 68.1 cm³/mol. The van der Waals surface area contributed by atoms with Crippen molar-refractivity contribution >= 4 is 0 Å². The van der Waals surface area contributed by atoms with Gasteiger partial charge in [0.25, 0.3) is 0 Å². The maximum absolute atomic E-state index is 3.60. The molecule has 0 radical (unpaired) electrons. The van der Waals surface area contributed by atoms with E-state index in [0.717, 1.165) is 5.92 Å². The van der Waals surface area contributed by atoms with Crippen LogP contribution in [-0.4, -0.2) is 13.1 Å². The quantitative estimate of drug-likeness (QED) is 0.628. The molecule has 0 aromatic rings. The molecule has 15 heavy (non-hydrogen) atoms. The van der Waals surface area contributed by atoms with Crippen molar-refractivity contribution < 1.29 is 0 Å². The van der Waals surface area contributed by atoms with E-state index in [1.807, 2.05) is 0 Å². The van der Waals surface area contributed by atoms with Crippen LogP contribution in [-0.2, 0) is 0 Å². The van der Waals surface area contributed by atoms with Gasteiger partial charge in [0.05, 0.1) is 0 Å². The van der Waals surface area contributed by atoms with Crippen LogP contribution in [0.25, 0.3) is 0 Å². The van der Waals surface area contributed by atoms with Gasteiger partial charge in [0.2, 0.25) is 0 Å². The van der Waals surface area contributed by atoms with E-state index in [0.29, 0.717) is 5.41 Å². The zero-order valence-electron chi connectivity index (χ0n) is 10.9. The molecule has 0 amide bonds. The molecule has 0 aromatic carbocycles. The standard InChI is InChI=1S/C14H29N/c1-4-10-15-12-14(3,5-2)11-13-8-6-7-9-13/h13,15H,4-12H2,1-3H3. The Bertz CT molecular complexity index is 161. The Labute approximate surface area is 96.0 Å². The number of hydrogen-bond donors (Lipinski definition) is 1. The van der Waals surface area contributed by atoms with Gasteiger partial charge in [-0.05, 0) is 37.1 Å². The summed E-state index contributed by atoms with van der Waals surface area (Å²) in [6.45, 7) is 9.46. The van der Waals surface area contributed by atoms with Gasteiger partial charge in [0, 0.05) is 6.54 Å². The van der Waals surface area contributed by atoms with Gasteiger partial charge >= 0.3 is 0 Å². The molecule has 90 valence electrons. The molecule has 1 atom stereocenters. The van der Waals surface area contributed by atoms with Gasteiger partial charge in [-0.2, -0.15) is 0 Å². The number of rotatable bonds is 7. The van der Waals surface area contributed by atoms with Crippen molar-refractivity contribution in [3.05, 3.63) is 0 Å². The lowest BCUT2D eigenvalue weighted by molar-refractivity contribution is 0.222. The molecule has 1 rings (SSSR count). The third kappa shape index (κ3) is 4.55. The summed E-state index contributed by atoms with van der Waals surface area (Å²) < 4.78 is 0. The van der Waals surface area contributed by atoms with Gasteiger partial charge in [0.15, 0.2) is 0 Å². The SMILES string of the molecule is CCCNCC(C)(CC)CC1CCCC1. The summed E-state index contributed by atoms with van der Waals surface area (Å²) in [5.41, 5.74) is 0.546. The molecule has 1 unspecified atom stereocenters. The second-order valence-electron chi connectivity index (χ2n) is 5.70. The van der Waals surface area contributed by atoms with Crippen molar-refractivity contribution in [1.82, 2.24) is 5.32 Å². The largest absolute Gasteiger partial charge is 0.316 e. The van der Waals surface area contributed by atoms with Gasteiger partial charge in [-0.1, -0.05) is 46.5 Å². The molecule has 0 aromatic heterocycles. The zero-order valence-corrected chi connectivity index (χ0v) is 10.9. The second-order valence-corrected chi connectivity index (χ2v) is 5.70. The van der Waals surface area contributed by atoms with Crippen molar-refractivity contribution in [2.45, 2.75) is 65.7 Å². The maximum atomic E-state index is 3.60. The monoisotopic (exact) mass is 211 g/mol. The van der Waals surface area contributed by atoms with Crippen LogP contribution in [0.3, 0.4) is 0 Å². The molecule has 1 heteroatoms. The van der Waals surface area contributed by atoms with Gasteiger partial charge in [-0.3, -0.25) is 0 Å². The first-order valence-corrected chi connectivity index (χ1v) is 6.91. The van der Waals surface area contributed by atoms with Crippen LogP contribution < -0.4 is 5.32 Å². The topological polar surface area (TPSA) is 12.0 Å². The number of nitrogens with one attached hydrogen (secondary N) is 1. The summed E-state index contributed by atoms with van der Waals surface area (Å²) in [7, 11) is 0. The summed E-state index contributed by atoms with van der Waals surface area (Å²) in [5, 5.41) is 3.60. The van der Waals surface area contributed by atoms with Crippen molar-refractivity contribution in [2.75, 3.05) is 13.1 Å². The summed E-state index contributed by atoms with van der Waals surface area (Å²) >= 11 is 0. The predicted octanol–water partition coefficient (Wildman–Crippen LogP) is 3.98. The van der Waals surface area contributed by atoms with Crippen LogP contribution >= 0.6 is 0 Å². The van der Waals surface area contributed by atoms with Gasteiger partial charge < -0.3 is 5.32 Å². The minimum atomic E-state index is 0.546. The fraction of sp³-hybridized carbons (Fsp3) is 1.00. The Morgan fingerprint density at radius 3 is 2.40 bits per heavy atom. The summed E-state index contributed by atoms with van der Waals surface area (Å²) in [6.07, 6.45) is 9.95. The highest BCUT2D eigenvalue weighted by Gasteiger charge is 2.27. The fourth-order valence-corrected chi connectivity index (χ4v) is 2.82. The third-order valence-electron chi connectivity index (χ3n) is 4.09. The average Bonchev–Trinajstić information content (AvgIpc) is 2.71. The summed E-state index contributed by atoms with van der Waals surface area (Å²) in [4.78, 5) is 0. The first kappa shape index (κ1) is 13.0. The Kier molecular flexibility index (Phi) is 5.66. The van der Waals surface area contributed by atoms with Crippen LogP contribution in [0, 0.1) is 11.3 Å². The second kappa shape index (κ2) is 6.52. The highest BCUT2D eigenvalue weighted by atomic mass is 14.9. The lowest BCUT2D eigenvalue weighted by Gasteiger charge is -2.31. The van der Waals surface area contributed by atoms with Crippen molar-refractivity contribution in [2.24, 2.45) is 11.3 Å². The molecule has 1 fully saturated rings. The van der Waals surface area contributed by atoms with E-state index < -0.39 is 0 Å². The van der Waals surface area contributed by atoms with Gasteiger partial charge in [-0.15, -0.1) is 0 Å². The van der Waals surface area contributed by atoms with Crippen LogP contribution in [0.2, 0.25) is 0 Å². The lowest BCUT2D eigenvalue weighted by atomic mass is 9.78. The molecule has 0 bridgehead atoms. The molecule has 1 nitrogen and oxygen atoms in total. The maximum Gasteiger partial charge on any atom is 0.000516 e.